The number of ether oxygens (including phenoxy) is 2. The molecule has 1 amide bonds. The number of aromatic nitrogens is 1. The van der Waals surface area contributed by atoms with Gasteiger partial charge >= 0.3 is 0 Å². The molecule has 34 heavy (non-hydrogen) atoms. The van der Waals surface area contributed by atoms with Crippen molar-refractivity contribution in [2.24, 2.45) is 0 Å². The number of fused-ring (bicyclic) bond motifs is 1. The van der Waals surface area contributed by atoms with Crippen LogP contribution in [0.15, 0.2) is 54.7 Å². The average Bonchev–Trinajstić information content (AvgIpc) is 3.22. The maximum atomic E-state index is 12.6. The third kappa shape index (κ3) is 6.40. The first-order valence-electron chi connectivity index (χ1n) is 11.6. The van der Waals surface area contributed by atoms with Crippen molar-refractivity contribution in [1.82, 2.24) is 9.47 Å². The molecule has 0 fully saturated rings. The Morgan fingerprint density at radius 3 is 2.71 bits per heavy atom. The van der Waals surface area contributed by atoms with Gasteiger partial charge in [-0.25, -0.2) is 0 Å². The molecular formula is C27H32N4O3. The number of para-hydroxylation sites is 1. The minimum Gasteiger partial charge on any atom is -0.493 e. The highest BCUT2D eigenvalue weighted by molar-refractivity contribution is 6.03. The Morgan fingerprint density at radius 2 is 1.97 bits per heavy atom. The van der Waals surface area contributed by atoms with Gasteiger partial charge in [-0.3, -0.25) is 4.79 Å². The van der Waals surface area contributed by atoms with E-state index in [1.807, 2.05) is 35.0 Å². The largest absolute Gasteiger partial charge is 0.493 e. The fraction of sp³-hybridized carbons (Fsp3) is 0.333. The SMILES string of the molecule is CCN(CC)CCOc1cc(NC(=O)/C=C/c2cn(CCC#N)c3ccccc23)ccc1OC. The Hall–Kier alpha value is -3.76. The highest BCUT2D eigenvalue weighted by Crippen LogP contribution is 2.30. The molecule has 178 valence electrons. The third-order valence-corrected chi connectivity index (χ3v) is 5.69. The van der Waals surface area contributed by atoms with Crippen LogP contribution in [0.5, 0.6) is 11.5 Å². The zero-order chi connectivity index (χ0) is 24.3. The lowest BCUT2D eigenvalue weighted by Crippen LogP contribution is -2.28. The van der Waals surface area contributed by atoms with Crippen molar-refractivity contribution in [2.45, 2.75) is 26.8 Å². The van der Waals surface area contributed by atoms with Gasteiger partial charge in [0, 0.05) is 53.6 Å². The van der Waals surface area contributed by atoms with Gasteiger partial charge in [-0.1, -0.05) is 32.0 Å². The summed E-state index contributed by atoms with van der Waals surface area (Å²) >= 11 is 0. The van der Waals surface area contributed by atoms with Gasteiger partial charge in [-0.15, -0.1) is 0 Å². The van der Waals surface area contributed by atoms with Crippen molar-refractivity contribution in [3.8, 4) is 17.6 Å². The number of methoxy groups -OCH3 is 1. The highest BCUT2D eigenvalue weighted by Gasteiger charge is 2.10. The number of aryl methyl sites for hydroxylation is 1. The van der Waals surface area contributed by atoms with Gasteiger partial charge in [0.15, 0.2) is 11.5 Å². The summed E-state index contributed by atoms with van der Waals surface area (Å²) < 4.78 is 13.4. The van der Waals surface area contributed by atoms with Crippen LogP contribution in [-0.4, -0.2) is 48.7 Å². The Labute approximate surface area is 201 Å². The smallest absolute Gasteiger partial charge is 0.248 e. The van der Waals surface area contributed by atoms with Crippen molar-refractivity contribution >= 4 is 28.6 Å². The molecule has 0 bridgehead atoms. The molecule has 0 aliphatic rings. The van der Waals surface area contributed by atoms with E-state index < -0.39 is 0 Å². The number of carbonyl (C=O) groups excluding carboxylic acids is 1. The monoisotopic (exact) mass is 460 g/mol. The molecule has 7 nitrogen and oxygen atoms in total. The molecule has 2 aromatic carbocycles. The first kappa shape index (κ1) is 24.9. The fourth-order valence-electron chi connectivity index (χ4n) is 3.80. The van der Waals surface area contributed by atoms with E-state index in [1.165, 1.54) is 6.08 Å². The predicted molar refractivity (Wildman–Crippen MR) is 136 cm³/mol. The summed E-state index contributed by atoms with van der Waals surface area (Å²) in [6.07, 6.45) is 5.72. The molecule has 3 rings (SSSR count). The highest BCUT2D eigenvalue weighted by atomic mass is 16.5. The number of likely N-dealkylation sites (N-methyl/N-ethyl adjacent to an activating group) is 1. The van der Waals surface area contributed by atoms with Crippen molar-refractivity contribution in [3.05, 3.63) is 60.3 Å². The molecule has 0 aliphatic carbocycles. The standard InChI is InChI=1S/C27H32N4O3/c1-4-30(5-2)17-18-34-26-19-22(12-13-25(26)33-3)29-27(32)14-11-21-20-31(16-8-15-28)24-10-7-6-9-23(21)24/h6-7,9-14,19-20H,4-5,8,16-18H2,1-3H3,(H,29,32)/b14-11+. The van der Waals surface area contributed by atoms with E-state index in [9.17, 15) is 4.79 Å². The number of hydrogen-bond acceptors (Lipinski definition) is 5. The summed E-state index contributed by atoms with van der Waals surface area (Å²) in [6.45, 7) is 8.14. The summed E-state index contributed by atoms with van der Waals surface area (Å²) in [5.41, 5.74) is 2.60. The Morgan fingerprint density at radius 1 is 1.18 bits per heavy atom. The molecule has 1 N–H and O–H groups in total. The van der Waals surface area contributed by atoms with Crippen LogP contribution in [0.25, 0.3) is 17.0 Å². The lowest BCUT2D eigenvalue weighted by atomic mass is 10.1. The van der Waals surface area contributed by atoms with Gasteiger partial charge in [-0.2, -0.15) is 5.26 Å². The van der Waals surface area contributed by atoms with Gasteiger partial charge in [0.25, 0.3) is 0 Å². The topological polar surface area (TPSA) is 79.5 Å². The number of nitrogens with one attached hydrogen (secondary N) is 1. The molecule has 0 unspecified atom stereocenters. The maximum Gasteiger partial charge on any atom is 0.248 e. The molecule has 1 aromatic heterocycles. The van der Waals surface area contributed by atoms with Crippen molar-refractivity contribution < 1.29 is 14.3 Å². The molecule has 7 heteroatoms. The second-order valence-electron chi connectivity index (χ2n) is 7.77. The predicted octanol–water partition coefficient (Wildman–Crippen LogP) is 4.94. The normalized spacial score (nSPS) is 11.1. The number of rotatable bonds is 12. The van der Waals surface area contributed by atoms with E-state index in [1.54, 1.807) is 31.4 Å². The van der Waals surface area contributed by atoms with E-state index in [4.69, 9.17) is 14.7 Å². The summed E-state index contributed by atoms with van der Waals surface area (Å²) in [6, 6.07) is 15.5. The molecule has 0 saturated heterocycles. The molecule has 0 saturated carbocycles. The van der Waals surface area contributed by atoms with E-state index in [0.717, 1.165) is 36.1 Å². The minimum atomic E-state index is -0.242. The summed E-state index contributed by atoms with van der Waals surface area (Å²) in [5.74, 6) is 0.975. The van der Waals surface area contributed by atoms with Gasteiger partial charge in [0.05, 0.1) is 19.6 Å². The van der Waals surface area contributed by atoms with Gasteiger partial charge in [0.2, 0.25) is 5.91 Å². The van der Waals surface area contributed by atoms with Gasteiger partial charge in [0.1, 0.15) is 6.61 Å². The molecule has 0 spiro atoms. The van der Waals surface area contributed by atoms with Gasteiger partial charge < -0.3 is 24.3 Å². The van der Waals surface area contributed by atoms with Crippen LogP contribution < -0.4 is 14.8 Å². The van der Waals surface area contributed by atoms with E-state index in [-0.39, 0.29) is 5.91 Å². The molecular weight excluding hydrogens is 428 g/mol. The Bertz CT molecular complexity index is 1170. The van der Waals surface area contributed by atoms with E-state index >= 15 is 0 Å². The lowest BCUT2D eigenvalue weighted by molar-refractivity contribution is -0.111. The Kier molecular flexibility index (Phi) is 9.12. The van der Waals surface area contributed by atoms with Crippen LogP contribution in [-0.2, 0) is 11.3 Å². The van der Waals surface area contributed by atoms with Crippen LogP contribution in [0.1, 0.15) is 25.8 Å². The van der Waals surface area contributed by atoms with Crippen LogP contribution in [0, 0.1) is 11.3 Å². The summed E-state index contributed by atoms with van der Waals surface area (Å²) in [5, 5.41) is 12.9. The number of amides is 1. The average molecular weight is 461 g/mol. The molecule has 0 aliphatic heterocycles. The minimum absolute atomic E-state index is 0.242. The number of hydrogen-bond donors (Lipinski definition) is 1. The summed E-state index contributed by atoms with van der Waals surface area (Å²) in [4.78, 5) is 14.9. The first-order valence-corrected chi connectivity index (χ1v) is 11.6. The van der Waals surface area contributed by atoms with Crippen LogP contribution in [0.3, 0.4) is 0 Å². The fourth-order valence-corrected chi connectivity index (χ4v) is 3.80. The molecule has 0 atom stereocenters. The van der Waals surface area contributed by atoms with E-state index in [0.29, 0.717) is 36.8 Å². The van der Waals surface area contributed by atoms with Crippen molar-refractivity contribution in [1.29, 1.82) is 5.26 Å². The second kappa shape index (κ2) is 12.5. The number of carbonyl (C=O) groups is 1. The van der Waals surface area contributed by atoms with Gasteiger partial charge in [-0.05, 0) is 37.4 Å². The molecule has 1 heterocycles. The van der Waals surface area contributed by atoms with Crippen molar-refractivity contribution in [2.75, 3.05) is 38.7 Å². The zero-order valence-electron chi connectivity index (χ0n) is 20.1. The number of anilines is 1. The molecule has 0 radical (unpaired) electrons. The van der Waals surface area contributed by atoms with Crippen LogP contribution in [0.2, 0.25) is 0 Å². The number of benzene rings is 2. The third-order valence-electron chi connectivity index (χ3n) is 5.69. The van der Waals surface area contributed by atoms with E-state index in [2.05, 4.69) is 30.1 Å². The summed E-state index contributed by atoms with van der Waals surface area (Å²) in [7, 11) is 1.60. The van der Waals surface area contributed by atoms with Crippen LogP contribution in [0.4, 0.5) is 5.69 Å². The van der Waals surface area contributed by atoms with Crippen LogP contribution >= 0.6 is 0 Å². The molecule has 3 aromatic rings. The van der Waals surface area contributed by atoms with Crippen molar-refractivity contribution in [3.63, 3.8) is 0 Å². The Balaban J connectivity index is 1.69. The zero-order valence-corrected chi connectivity index (χ0v) is 20.1. The lowest BCUT2D eigenvalue weighted by Gasteiger charge is -2.19. The number of nitriles is 1. The second-order valence-corrected chi connectivity index (χ2v) is 7.77. The quantitative estimate of drug-likeness (QED) is 0.388. The maximum absolute atomic E-state index is 12.6. The first-order chi connectivity index (χ1) is 16.6. The number of nitrogens with zero attached hydrogens (tertiary/aromatic N) is 3.